The number of Topliss-reactive ketones (excluding diaryl/α,β-unsaturated/α-hetero) is 1. The van der Waals surface area contributed by atoms with Crippen LogP contribution in [0.4, 0.5) is 11.4 Å². The Labute approximate surface area is 113 Å². The van der Waals surface area contributed by atoms with Crippen molar-refractivity contribution in [3.8, 4) is 0 Å². The molecule has 0 spiro atoms. The molecule has 19 heavy (non-hydrogen) atoms. The third-order valence-corrected chi connectivity index (χ3v) is 2.56. The second kappa shape index (κ2) is 6.78. The smallest absolute Gasteiger partial charge is 0.221 e. The average molecular weight is 263 g/mol. The maximum atomic E-state index is 11.4. The van der Waals surface area contributed by atoms with Gasteiger partial charge in [-0.25, -0.2) is 0 Å². The molecule has 0 heterocycles. The first-order valence-electron chi connectivity index (χ1n) is 6.34. The van der Waals surface area contributed by atoms with Crippen LogP contribution in [-0.2, 0) is 4.79 Å². The largest absolute Gasteiger partial charge is 0.398 e. The van der Waals surface area contributed by atoms with Crippen LogP contribution in [-0.4, -0.2) is 24.3 Å². The molecular formula is C14H21N3O2. The van der Waals surface area contributed by atoms with E-state index in [1.807, 2.05) is 13.8 Å². The summed E-state index contributed by atoms with van der Waals surface area (Å²) >= 11 is 0. The highest BCUT2D eigenvalue weighted by Gasteiger charge is 2.06. The van der Waals surface area contributed by atoms with Crippen molar-refractivity contribution in [2.45, 2.75) is 33.2 Å². The van der Waals surface area contributed by atoms with Gasteiger partial charge in [-0.1, -0.05) is 0 Å². The van der Waals surface area contributed by atoms with E-state index < -0.39 is 0 Å². The first kappa shape index (κ1) is 15.0. The van der Waals surface area contributed by atoms with Crippen LogP contribution in [0.15, 0.2) is 18.2 Å². The summed E-state index contributed by atoms with van der Waals surface area (Å²) in [7, 11) is 0. The van der Waals surface area contributed by atoms with Crippen molar-refractivity contribution in [3.63, 3.8) is 0 Å². The summed E-state index contributed by atoms with van der Waals surface area (Å²) in [6.07, 6.45) is 0.387. The number of benzene rings is 1. The third kappa shape index (κ3) is 4.99. The molecule has 4 N–H and O–H groups in total. The molecule has 104 valence electrons. The van der Waals surface area contributed by atoms with Gasteiger partial charge in [0.05, 0.1) is 0 Å². The Bertz CT molecular complexity index is 470. The van der Waals surface area contributed by atoms with Crippen LogP contribution in [0.2, 0.25) is 0 Å². The van der Waals surface area contributed by atoms with Crippen LogP contribution in [0.3, 0.4) is 0 Å². The summed E-state index contributed by atoms with van der Waals surface area (Å²) in [5.74, 6) is -0.0663. The molecule has 1 rings (SSSR count). The third-order valence-electron chi connectivity index (χ3n) is 2.56. The molecule has 0 bridgehead atoms. The van der Waals surface area contributed by atoms with E-state index in [2.05, 4.69) is 10.6 Å². The fourth-order valence-electron chi connectivity index (χ4n) is 1.69. The van der Waals surface area contributed by atoms with Crippen molar-refractivity contribution in [3.05, 3.63) is 23.8 Å². The molecule has 0 saturated carbocycles. The lowest BCUT2D eigenvalue weighted by molar-refractivity contribution is -0.121. The zero-order valence-corrected chi connectivity index (χ0v) is 11.6. The summed E-state index contributed by atoms with van der Waals surface area (Å²) in [4.78, 5) is 22.8. The lowest BCUT2D eigenvalue weighted by Crippen LogP contribution is -2.31. The number of anilines is 2. The van der Waals surface area contributed by atoms with Gasteiger partial charge in [0, 0.05) is 35.9 Å². The Morgan fingerprint density at radius 1 is 1.32 bits per heavy atom. The van der Waals surface area contributed by atoms with Crippen LogP contribution >= 0.6 is 0 Å². The van der Waals surface area contributed by atoms with E-state index >= 15 is 0 Å². The second-order valence-corrected chi connectivity index (χ2v) is 4.76. The summed E-state index contributed by atoms with van der Waals surface area (Å²) < 4.78 is 0. The number of nitrogen functional groups attached to an aromatic ring is 1. The SMILES string of the molecule is CC(=O)c1cc(NCCC(=O)NC(C)C)ccc1N. The van der Waals surface area contributed by atoms with Gasteiger partial charge in [0.1, 0.15) is 0 Å². The van der Waals surface area contributed by atoms with Crippen LogP contribution in [0.5, 0.6) is 0 Å². The lowest BCUT2D eigenvalue weighted by Gasteiger charge is -2.11. The quantitative estimate of drug-likeness (QED) is 0.539. The maximum Gasteiger partial charge on any atom is 0.221 e. The zero-order valence-electron chi connectivity index (χ0n) is 11.6. The topological polar surface area (TPSA) is 84.2 Å². The van der Waals surface area contributed by atoms with E-state index in [9.17, 15) is 9.59 Å². The van der Waals surface area contributed by atoms with Gasteiger partial charge in [-0.3, -0.25) is 9.59 Å². The van der Waals surface area contributed by atoms with Crippen LogP contribution in [0.25, 0.3) is 0 Å². The van der Waals surface area contributed by atoms with Crippen molar-refractivity contribution in [1.29, 1.82) is 0 Å². The summed E-state index contributed by atoms with van der Waals surface area (Å²) in [6, 6.07) is 5.33. The van der Waals surface area contributed by atoms with E-state index in [4.69, 9.17) is 5.73 Å². The molecule has 0 aliphatic carbocycles. The van der Waals surface area contributed by atoms with Crippen molar-refractivity contribution >= 4 is 23.1 Å². The van der Waals surface area contributed by atoms with Gasteiger partial charge in [0.25, 0.3) is 0 Å². The van der Waals surface area contributed by atoms with Gasteiger partial charge >= 0.3 is 0 Å². The fourth-order valence-corrected chi connectivity index (χ4v) is 1.69. The molecule has 0 unspecified atom stereocenters. The minimum Gasteiger partial charge on any atom is -0.398 e. The molecule has 0 atom stereocenters. The maximum absolute atomic E-state index is 11.4. The summed E-state index contributed by atoms with van der Waals surface area (Å²) in [5, 5.41) is 5.92. The Morgan fingerprint density at radius 3 is 2.58 bits per heavy atom. The minimum absolute atomic E-state index is 0.00439. The Hall–Kier alpha value is -2.04. The van der Waals surface area contributed by atoms with Gasteiger partial charge in [0.2, 0.25) is 5.91 Å². The lowest BCUT2D eigenvalue weighted by atomic mass is 10.1. The Kier molecular flexibility index (Phi) is 5.36. The van der Waals surface area contributed by atoms with Gasteiger partial charge in [-0.05, 0) is 39.0 Å². The molecular weight excluding hydrogens is 242 g/mol. The molecule has 0 aliphatic rings. The van der Waals surface area contributed by atoms with Gasteiger partial charge in [-0.2, -0.15) is 0 Å². The average Bonchev–Trinajstić information content (AvgIpc) is 2.30. The van der Waals surface area contributed by atoms with E-state index in [1.165, 1.54) is 6.92 Å². The monoisotopic (exact) mass is 263 g/mol. The van der Waals surface area contributed by atoms with Crippen molar-refractivity contribution in [2.24, 2.45) is 0 Å². The van der Waals surface area contributed by atoms with Crippen LogP contribution in [0.1, 0.15) is 37.6 Å². The molecule has 1 aromatic rings. The highest BCUT2D eigenvalue weighted by atomic mass is 16.1. The van der Waals surface area contributed by atoms with Crippen LogP contribution < -0.4 is 16.4 Å². The number of hydrogen-bond acceptors (Lipinski definition) is 4. The van der Waals surface area contributed by atoms with Crippen molar-refractivity contribution in [1.82, 2.24) is 5.32 Å². The molecule has 0 radical (unpaired) electrons. The zero-order chi connectivity index (χ0) is 14.4. The first-order chi connectivity index (χ1) is 8.90. The standard InChI is InChI=1S/C14H21N3O2/c1-9(2)17-14(19)6-7-16-11-4-5-13(15)12(8-11)10(3)18/h4-5,8-9,16H,6-7,15H2,1-3H3,(H,17,19). The molecule has 1 amide bonds. The van der Waals surface area contributed by atoms with E-state index in [-0.39, 0.29) is 17.7 Å². The summed E-state index contributed by atoms with van der Waals surface area (Å²) in [6.45, 7) is 5.83. The van der Waals surface area contributed by atoms with E-state index in [1.54, 1.807) is 18.2 Å². The molecule has 0 aromatic heterocycles. The molecule has 5 heteroatoms. The Balaban J connectivity index is 2.52. The molecule has 0 fully saturated rings. The number of amides is 1. The van der Waals surface area contributed by atoms with E-state index in [0.29, 0.717) is 24.2 Å². The molecule has 0 aliphatic heterocycles. The Morgan fingerprint density at radius 2 is 2.00 bits per heavy atom. The van der Waals surface area contributed by atoms with Crippen molar-refractivity contribution in [2.75, 3.05) is 17.6 Å². The molecule has 1 aromatic carbocycles. The van der Waals surface area contributed by atoms with Gasteiger partial charge in [0.15, 0.2) is 5.78 Å². The number of ketones is 1. The van der Waals surface area contributed by atoms with E-state index in [0.717, 1.165) is 5.69 Å². The number of nitrogens with one attached hydrogen (secondary N) is 2. The highest BCUT2D eigenvalue weighted by Crippen LogP contribution is 2.18. The minimum atomic E-state index is -0.0706. The number of hydrogen-bond donors (Lipinski definition) is 3. The van der Waals surface area contributed by atoms with Crippen LogP contribution in [0, 0.1) is 0 Å². The summed E-state index contributed by atoms with van der Waals surface area (Å²) in [5.41, 5.74) is 7.46. The highest BCUT2D eigenvalue weighted by molar-refractivity contribution is 6.00. The van der Waals surface area contributed by atoms with Gasteiger partial charge in [-0.15, -0.1) is 0 Å². The predicted octanol–water partition coefficient (Wildman–Crippen LogP) is 1.80. The number of carbonyl (C=O) groups is 2. The normalized spacial score (nSPS) is 10.3. The molecule has 0 saturated heterocycles. The fraction of sp³-hybridized carbons (Fsp3) is 0.429. The van der Waals surface area contributed by atoms with Gasteiger partial charge < -0.3 is 16.4 Å². The first-order valence-corrected chi connectivity index (χ1v) is 6.34. The predicted molar refractivity (Wildman–Crippen MR) is 77.2 cm³/mol. The molecule has 5 nitrogen and oxygen atoms in total. The number of carbonyl (C=O) groups excluding carboxylic acids is 2. The van der Waals surface area contributed by atoms with Crippen molar-refractivity contribution < 1.29 is 9.59 Å². The number of rotatable bonds is 6. The second-order valence-electron chi connectivity index (χ2n) is 4.76. The number of nitrogens with two attached hydrogens (primary N) is 1.